The van der Waals surface area contributed by atoms with Crippen molar-refractivity contribution in [1.29, 1.82) is 0 Å². The summed E-state index contributed by atoms with van der Waals surface area (Å²) < 4.78 is 37.9. The van der Waals surface area contributed by atoms with Crippen molar-refractivity contribution in [2.75, 3.05) is 26.3 Å². The number of rotatable bonds is 5. The van der Waals surface area contributed by atoms with Crippen LogP contribution in [0.2, 0.25) is 0 Å². The van der Waals surface area contributed by atoms with Gasteiger partial charge in [-0.25, -0.2) is 8.42 Å². The van der Waals surface area contributed by atoms with E-state index >= 15 is 0 Å². The summed E-state index contributed by atoms with van der Waals surface area (Å²) in [5.74, 6) is -1.06. The number of morpholine rings is 1. The molecule has 1 aliphatic heterocycles. The molecule has 1 saturated heterocycles. The normalized spacial score (nSPS) is 14.7. The van der Waals surface area contributed by atoms with Crippen molar-refractivity contribution in [3.63, 3.8) is 0 Å². The lowest BCUT2D eigenvalue weighted by molar-refractivity contribution is -0.121. The summed E-state index contributed by atoms with van der Waals surface area (Å²) in [5, 5.41) is 2.86. The van der Waals surface area contributed by atoms with Crippen molar-refractivity contribution < 1.29 is 27.2 Å². The van der Waals surface area contributed by atoms with Crippen LogP contribution in [0.5, 0.6) is 0 Å². The standard InChI is InChI=1S/C25H23N3O6S/c29-23(15-19-16-34-22-9-8-17-4-1-2-7-21(17)24(19)22)26-27-25(30)18-5-3-6-20(14-18)35(31,32)28-10-12-33-13-11-28/h1-9,14,16H,10-13,15H2,(H,26,29)(H,27,30). The number of benzene rings is 3. The molecule has 3 aromatic carbocycles. The third-order valence-corrected chi connectivity index (χ3v) is 7.81. The van der Waals surface area contributed by atoms with E-state index in [9.17, 15) is 18.0 Å². The zero-order valence-corrected chi connectivity index (χ0v) is 19.5. The molecule has 5 rings (SSSR count). The second kappa shape index (κ2) is 9.49. The fourth-order valence-electron chi connectivity index (χ4n) is 4.15. The number of carbonyl (C=O) groups is 2. The third-order valence-electron chi connectivity index (χ3n) is 5.91. The quantitative estimate of drug-likeness (QED) is 0.413. The minimum atomic E-state index is -3.75. The topological polar surface area (TPSA) is 118 Å². The Kier molecular flexibility index (Phi) is 6.25. The van der Waals surface area contributed by atoms with Crippen LogP contribution in [0.3, 0.4) is 0 Å². The van der Waals surface area contributed by atoms with E-state index in [1.807, 2.05) is 36.4 Å². The first-order valence-corrected chi connectivity index (χ1v) is 12.5. The Morgan fingerprint density at radius 2 is 1.74 bits per heavy atom. The average molecular weight is 494 g/mol. The van der Waals surface area contributed by atoms with Crippen molar-refractivity contribution >= 4 is 43.6 Å². The van der Waals surface area contributed by atoms with Crippen molar-refractivity contribution in [3.8, 4) is 0 Å². The Bertz CT molecular complexity index is 1520. The highest BCUT2D eigenvalue weighted by molar-refractivity contribution is 7.89. The van der Waals surface area contributed by atoms with Gasteiger partial charge in [0.15, 0.2) is 0 Å². The number of hydrazine groups is 1. The zero-order valence-electron chi connectivity index (χ0n) is 18.7. The first kappa shape index (κ1) is 23.0. The first-order chi connectivity index (χ1) is 16.9. The number of ether oxygens (including phenoxy) is 1. The van der Waals surface area contributed by atoms with Gasteiger partial charge in [0.05, 0.1) is 30.8 Å². The van der Waals surface area contributed by atoms with E-state index in [0.29, 0.717) is 24.4 Å². The smallest absolute Gasteiger partial charge is 0.269 e. The van der Waals surface area contributed by atoms with Crippen LogP contribution >= 0.6 is 0 Å². The largest absolute Gasteiger partial charge is 0.464 e. The molecule has 1 fully saturated rings. The number of nitrogens with zero attached hydrogens (tertiary/aromatic N) is 1. The molecule has 35 heavy (non-hydrogen) atoms. The minimum absolute atomic E-state index is 0.00720. The van der Waals surface area contributed by atoms with Gasteiger partial charge in [-0.15, -0.1) is 0 Å². The molecule has 0 saturated carbocycles. The van der Waals surface area contributed by atoms with Crippen LogP contribution in [0.15, 0.2) is 76.2 Å². The van der Waals surface area contributed by atoms with Gasteiger partial charge in [0.1, 0.15) is 5.58 Å². The SMILES string of the molecule is O=C(Cc1coc2ccc3ccccc3c12)NNC(=O)c1cccc(S(=O)(=O)N2CCOCC2)c1. The van der Waals surface area contributed by atoms with Gasteiger partial charge >= 0.3 is 0 Å². The molecule has 0 atom stereocenters. The van der Waals surface area contributed by atoms with Crippen LogP contribution in [0.1, 0.15) is 15.9 Å². The molecule has 0 radical (unpaired) electrons. The number of fused-ring (bicyclic) bond motifs is 3. The molecule has 2 amide bonds. The van der Waals surface area contributed by atoms with Gasteiger partial charge in [0.2, 0.25) is 15.9 Å². The van der Waals surface area contributed by atoms with Gasteiger partial charge in [0.25, 0.3) is 5.91 Å². The van der Waals surface area contributed by atoms with E-state index < -0.39 is 21.8 Å². The Labute approximate surface area is 201 Å². The summed E-state index contributed by atoms with van der Waals surface area (Å²) in [4.78, 5) is 25.2. The molecule has 180 valence electrons. The Hall–Kier alpha value is -3.73. The molecule has 0 bridgehead atoms. The number of hydrogen-bond donors (Lipinski definition) is 2. The van der Waals surface area contributed by atoms with Crippen LogP contribution in [-0.4, -0.2) is 50.8 Å². The van der Waals surface area contributed by atoms with Crippen LogP contribution < -0.4 is 10.9 Å². The van der Waals surface area contributed by atoms with E-state index in [2.05, 4.69) is 10.9 Å². The summed E-state index contributed by atoms with van der Waals surface area (Å²) >= 11 is 0. The lowest BCUT2D eigenvalue weighted by Gasteiger charge is -2.26. The molecule has 4 aromatic rings. The van der Waals surface area contributed by atoms with Crippen molar-refractivity contribution in [2.45, 2.75) is 11.3 Å². The summed E-state index contributed by atoms with van der Waals surface area (Å²) in [7, 11) is -3.75. The molecule has 2 heterocycles. The van der Waals surface area contributed by atoms with Gasteiger partial charge in [-0.1, -0.05) is 36.4 Å². The molecule has 0 unspecified atom stereocenters. The molecule has 0 spiro atoms. The maximum Gasteiger partial charge on any atom is 0.269 e. The van der Waals surface area contributed by atoms with Crippen molar-refractivity contribution in [3.05, 3.63) is 78.1 Å². The molecule has 0 aliphatic carbocycles. The number of furan rings is 1. The fourth-order valence-corrected chi connectivity index (χ4v) is 5.61. The Morgan fingerprint density at radius 1 is 0.943 bits per heavy atom. The van der Waals surface area contributed by atoms with Gasteiger partial charge in [0, 0.05) is 29.6 Å². The van der Waals surface area contributed by atoms with Gasteiger partial charge in [-0.2, -0.15) is 4.31 Å². The van der Waals surface area contributed by atoms with E-state index in [1.54, 1.807) is 6.26 Å². The molecular weight excluding hydrogens is 470 g/mol. The van der Waals surface area contributed by atoms with E-state index in [4.69, 9.17) is 9.15 Å². The minimum Gasteiger partial charge on any atom is -0.464 e. The number of carbonyl (C=O) groups excluding carboxylic acids is 2. The predicted octanol–water partition coefficient (Wildman–Crippen LogP) is 2.61. The molecular formula is C25H23N3O6S. The second-order valence-corrected chi connectivity index (χ2v) is 10.1. The Balaban J connectivity index is 1.27. The lowest BCUT2D eigenvalue weighted by atomic mass is 10.0. The summed E-state index contributed by atoms with van der Waals surface area (Å²) in [6, 6.07) is 17.3. The van der Waals surface area contributed by atoms with E-state index in [0.717, 1.165) is 16.2 Å². The van der Waals surface area contributed by atoms with Crippen molar-refractivity contribution in [1.82, 2.24) is 15.2 Å². The van der Waals surface area contributed by atoms with Crippen LogP contribution in [0, 0.1) is 0 Å². The summed E-state index contributed by atoms with van der Waals surface area (Å²) in [6.45, 7) is 1.17. The summed E-state index contributed by atoms with van der Waals surface area (Å²) in [6.07, 6.45) is 1.53. The monoisotopic (exact) mass is 493 g/mol. The average Bonchev–Trinajstić information content (AvgIpc) is 3.31. The van der Waals surface area contributed by atoms with Crippen LogP contribution in [0.4, 0.5) is 0 Å². The molecule has 9 nitrogen and oxygen atoms in total. The zero-order chi connectivity index (χ0) is 24.4. The maximum atomic E-state index is 12.9. The highest BCUT2D eigenvalue weighted by atomic mass is 32.2. The molecule has 2 N–H and O–H groups in total. The highest BCUT2D eigenvalue weighted by Gasteiger charge is 2.27. The predicted molar refractivity (Wildman–Crippen MR) is 129 cm³/mol. The van der Waals surface area contributed by atoms with E-state index in [1.165, 1.54) is 28.6 Å². The fraction of sp³-hybridized carbons (Fsp3) is 0.200. The number of nitrogens with one attached hydrogen (secondary N) is 2. The number of hydrogen-bond acceptors (Lipinski definition) is 6. The number of amides is 2. The molecule has 1 aliphatic rings. The van der Waals surface area contributed by atoms with E-state index in [-0.39, 0.29) is 30.0 Å². The number of sulfonamides is 1. The molecule has 1 aromatic heterocycles. The van der Waals surface area contributed by atoms with Crippen LogP contribution in [-0.2, 0) is 26.0 Å². The first-order valence-electron chi connectivity index (χ1n) is 11.1. The second-order valence-electron chi connectivity index (χ2n) is 8.14. The van der Waals surface area contributed by atoms with Gasteiger partial charge in [-0.3, -0.25) is 20.4 Å². The van der Waals surface area contributed by atoms with Crippen LogP contribution in [0.25, 0.3) is 21.7 Å². The van der Waals surface area contributed by atoms with Gasteiger partial charge in [-0.05, 0) is 35.0 Å². The Morgan fingerprint density at radius 3 is 2.57 bits per heavy atom. The molecule has 10 heteroatoms. The highest BCUT2D eigenvalue weighted by Crippen LogP contribution is 2.30. The lowest BCUT2D eigenvalue weighted by Crippen LogP contribution is -2.42. The summed E-state index contributed by atoms with van der Waals surface area (Å²) in [5.41, 5.74) is 6.24. The van der Waals surface area contributed by atoms with Crippen molar-refractivity contribution in [2.24, 2.45) is 0 Å². The third kappa shape index (κ3) is 4.63. The maximum absolute atomic E-state index is 12.9. The van der Waals surface area contributed by atoms with Gasteiger partial charge < -0.3 is 9.15 Å².